The number of amides is 1. The molecule has 0 bridgehead atoms. The van der Waals surface area contributed by atoms with Gasteiger partial charge in [0.05, 0.1) is 12.0 Å². The summed E-state index contributed by atoms with van der Waals surface area (Å²) in [6.45, 7) is 0.635. The summed E-state index contributed by atoms with van der Waals surface area (Å²) in [6.07, 6.45) is 5.67. The smallest absolute Gasteiger partial charge is 0.226 e. The Balaban J connectivity index is 1.87. The molecule has 0 aliphatic carbocycles. The van der Waals surface area contributed by atoms with Crippen LogP contribution in [0.1, 0.15) is 6.42 Å². The molecule has 0 aliphatic rings. The van der Waals surface area contributed by atoms with Crippen molar-refractivity contribution in [2.75, 3.05) is 5.32 Å². The van der Waals surface area contributed by atoms with Crippen molar-refractivity contribution in [1.82, 2.24) is 9.55 Å². The number of nitrogens with one attached hydrogen (secondary N) is 1. The SMILES string of the molecule is O=C(CCn1ccnc1)Nc1ccccc1Br. The van der Waals surface area contributed by atoms with Crippen LogP contribution in [-0.4, -0.2) is 15.5 Å². The molecule has 0 atom stereocenters. The van der Waals surface area contributed by atoms with E-state index in [0.717, 1.165) is 10.2 Å². The fourth-order valence-corrected chi connectivity index (χ4v) is 1.81. The van der Waals surface area contributed by atoms with Gasteiger partial charge in [0.25, 0.3) is 0 Å². The quantitative estimate of drug-likeness (QED) is 0.942. The highest BCUT2D eigenvalue weighted by Gasteiger charge is 2.04. The number of carbonyl (C=O) groups is 1. The first-order valence-electron chi connectivity index (χ1n) is 5.26. The third kappa shape index (κ3) is 3.42. The number of hydrogen-bond acceptors (Lipinski definition) is 2. The Hall–Kier alpha value is -1.62. The van der Waals surface area contributed by atoms with Gasteiger partial charge in [-0.05, 0) is 28.1 Å². The molecule has 0 fully saturated rings. The van der Waals surface area contributed by atoms with E-state index in [1.807, 2.05) is 35.0 Å². The van der Waals surface area contributed by atoms with Crippen molar-refractivity contribution in [1.29, 1.82) is 0 Å². The molecule has 0 aliphatic heterocycles. The number of aryl methyl sites for hydroxylation is 1. The first kappa shape index (κ1) is 11.9. The highest BCUT2D eigenvalue weighted by Crippen LogP contribution is 2.21. The average molecular weight is 294 g/mol. The van der Waals surface area contributed by atoms with Crippen LogP contribution in [0.3, 0.4) is 0 Å². The summed E-state index contributed by atoms with van der Waals surface area (Å²) in [5.41, 5.74) is 0.795. The topological polar surface area (TPSA) is 46.9 Å². The molecule has 17 heavy (non-hydrogen) atoms. The standard InChI is InChI=1S/C12H12BrN3O/c13-10-3-1-2-4-11(10)15-12(17)5-7-16-8-6-14-9-16/h1-4,6,8-9H,5,7H2,(H,15,17). The third-order valence-electron chi connectivity index (χ3n) is 2.30. The Morgan fingerprint density at radius 1 is 1.41 bits per heavy atom. The van der Waals surface area contributed by atoms with Crippen molar-refractivity contribution in [3.05, 3.63) is 47.5 Å². The van der Waals surface area contributed by atoms with Crippen LogP contribution >= 0.6 is 15.9 Å². The zero-order valence-electron chi connectivity index (χ0n) is 9.14. The predicted octanol–water partition coefficient (Wildman–Crippen LogP) is 2.67. The van der Waals surface area contributed by atoms with E-state index in [9.17, 15) is 4.79 Å². The Morgan fingerprint density at radius 2 is 2.24 bits per heavy atom. The Bertz CT molecular complexity index is 496. The highest BCUT2D eigenvalue weighted by molar-refractivity contribution is 9.10. The van der Waals surface area contributed by atoms with Crippen LogP contribution in [0.4, 0.5) is 5.69 Å². The van der Waals surface area contributed by atoms with Gasteiger partial charge >= 0.3 is 0 Å². The monoisotopic (exact) mass is 293 g/mol. The van der Waals surface area contributed by atoms with Crippen LogP contribution in [0.5, 0.6) is 0 Å². The number of carbonyl (C=O) groups excluding carboxylic acids is 1. The van der Waals surface area contributed by atoms with E-state index < -0.39 is 0 Å². The summed E-state index contributed by atoms with van der Waals surface area (Å²) in [7, 11) is 0. The molecule has 1 aromatic carbocycles. The van der Waals surface area contributed by atoms with Crippen LogP contribution in [0.25, 0.3) is 0 Å². The molecule has 0 saturated carbocycles. The van der Waals surface area contributed by atoms with Gasteiger partial charge in [-0.15, -0.1) is 0 Å². The zero-order chi connectivity index (χ0) is 12.1. The molecule has 1 heterocycles. The first-order valence-corrected chi connectivity index (χ1v) is 6.05. The fraction of sp³-hybridized carbons (Fsp3) is 0.167. The molecule has 5 heteroatoms. The van der Waals surface area contributed by atoms with Gasteiger partial charge in [0.15, 0.2) is 0 Å². The summed E-state index contributed by atoms with van der Waals surface area (Å²) in [5.74, 6) is -0.00870. The zero-order valence-corrected chi connectivity index (χ0v) is 10.7. The third-order valence-corrected chi connectivity index (χ3v) is 3.00. The molecule has 4 nitrogen and oxygen atoms in total. The van der Waals surface area contributed by atoms with Gasteiger partial charge in [-0.3, -0.25) is 4.79 Å². The molecular formula is C12H12BrN3O. The van der Waals surface area contributed by atoms with Crippen molar-refractivity contribution in [2.24, 2.45) is 0 Å². The fourth-order valence-electron chi connectivity index (χ4n) is 1.42. The summed E-state index contributed by atoms with van der Waals surface area (Å²) < 4.78 is 2.76. The lowest BCUT2D eigenvalue weighted by molar-refractivity contribution is -0.116. The van der Waals surface area contributed by atoms with E-state index in [0.29, 0.717) is 13.0 Å². The normalized spacial score (nSPS) is 10.2. The second kappa shape index (κ2) is 5.63. The minimum absolute atomic E-state index is 0.00870. The second-order valence-electron chi connectivity index (χ2n) is 3.58. The lowest BCUT2D eigenvalue weighted by Crippen LogP contribution is -2.14. The molecule has 0 unspecified atom stereocenters. The maximum Gasteiger partial charge on any atom is 0.226 e. The number of aromatic nitrogens is 2. The number of halogens is 1. The van der Waals surface area contributed by atoms with Gasteiger partial charge in [-0.1, -0.05) is 12.1 Å². The number of rotatable bonds is 4. The van der Waals surface area contributed by atoms with Crippen LogP contribution < -0.4 is 5.32 Å². The lowest BCUT2D eigenvalue weighted by atomic mass is 10.3. The van der Waals surface area contributed by atoms with Crippen LogP contribution in [0.15, 0.2) is 47.5 Å². The molecule has 0 radical (unpaired) electrons. The number of anilines is 1. The molecule has 1 N–H and O–H groups in total. The largest absolute Gasteiger partial charge is 0.337 e. The van der Waals surface area contributed by atoms with Gasteiger partial charge < -0.3 is 9.88 Å². The van der Waals surface area contributed by atoms with Crippen molar-refractivity contribution in [3.8, 4) is 0 Å². The maximum atomic E-state index is 11.7. The van der Waals surface area contributed by atoms with Gasteiger partial charge in [0.2, 0.25) is 5.91 Å². The van der Waals surface area contributed by atoms with E-state index >= 15 is 0 Å². The summed E-state index contributed by atoms with van der Waals surface area (Å²) in [5, 5.41) is 2.85. The summed E-state index contributed by atoms with van der Waals surface area (Å²) in [4.78, 5) is 15.6. The van der Waals surface area contributed by atoms with Crippen molar-refractivity contribution in [3.63, 3.8) is 0 Å². The minimum Gasteiger partial charge on any atom is -0.337 e. The molecule has 1 aromatic heterocycles. The summed E-state index contributed by atoms with van der Waals surface area (Å²) >= 11 is 3.38. The van der Waals surface area contributed by atoms with E-state index in [1.165, 1.54) is 0 Å². The lowest BCUT2D eigenvalue weighted by Gasteiger charge is -2.07. The Labute approximate surface area is 108 Å². The van der Waals surface area contributed by atoms with Crippen LogP contribution in [-0.2, 0) is 11.3 Å². The minimum atomic E-state index is -0.00870. The second-order valence-corrected chi connectivity index (χ2v) is 4.43. The summed E-state index contributed by atoms with van der Waals surface area (Å²) in [6, 6.07) is 7.55. The van der Waals surface area contributed by atoms with E-state index in [-0.39, 0.29) is 5.91 Å². The molecule has 2 rings (SSSR count). The van der Waals surface area contributed by atoms with Crippen molar-refractivity contribution >= 4 is 27.5 Å². The van der Waals surface area contributed by atoms with Crippen LogP contribution in [0.2, 0.25) is 0 Å². The van der Waals surface area contributed by atoms with E-state index in [4.69, 9.17) is 0 Å². The molecule has 1 amide bonds. The Kier molecular flexibility index (Phi) is 3.93. The molecule has 0 saturated heterocycles. The predicted molar refractivity (Wildman–Crippen MR) is 69.6 cm³/mol. The number of nitrogens with zero attached hydrogens (tertiary/aromatic N) is 2. The number of para-hydroxylation sites is 1. The van der Waals surface area contributed by atoms with E-state index in [1.54, 1.807) is 12.5 Å². The highest BCUT2D eigenvalue weighted by atomic mass is 79.9. The number of hydrogen-bond donors (Lipinski definition) is 1. The van der Waals surface area contributed by atoms with Crippen molar-refractivity contribution in [2.45, 2.75) is 13.0 Å². The molecule has 2 aromatic rings. The van der Waals surface area contributed by atoms with Gasteiger partial charge in [0.1, 0.15) is 0 Å². The van der Waals surface area contributed by atoms with Gasteiger partial charge in [-0.25, -0.2) is 4.98 Å². The van der Waals surface area contributed by atoms with Crippen molar-refractivity contribution < 1.29 is 4.79 Å². The molecule has 88 valence electrons. The van der Waals surface area contributed by atoms with Gasteiger partial charge in [0, 0.05) is 29.8 Å². The number of benzene rings is 1. The van der Waals surface area contributed by atoms with E-state index in [2.05, 4.69) is 26.2 Å². The molecule has 0 spiro atoms. The average Bonchev–Trinajstić information content (AvgIpc) is 2.82. The van der Waals surface area contributed by atoms with Gasteiger partial charge in [-0.2, -0.15) is 0 Å². The first-order chi connectivity index (χ1) is 8.25. The number of imidazole rings is 1. The molecular weight excluding hydrogens is 282 g/mol. The van der Waals surface area contributed by atoms with Crippen LogP contribution in [0, 0.1) is 0 Å². The Morgan fingerprint density at radius 3 is 2.94 bits per heavy atom. The maximum absolute atomic E-state index is 11.7.